The minimum absolute atomic E-state index is 0.0413. The molecule has 4 aromatic rings. The SMILES string of the molecule is C[C@@H]1CN(C)CCN1c1cc(O[C@H](C)C2COC2)c2c(Nc3ccc4ncsc4c3F)ncnc2c1. The average molecular weight is 509 g/mol. The number of halogens is 1. The molecule has 2 aliphatic heterocycles. The average Bonchev–Trinajstić information content (AvgIpc) is 3.29. The second-order valence-corrected chi connectivity index (χ2v) is 10.6. The molecule has 1 N–H and O–H groups in total. The molecular weight excluding hydrogens is 479 g/mol. The van der Waals surface area contributed by atoms with Gasteiger partial charge in [0.25, 0.3) is 0 Å². The number of piperazine rings is 1. The number of aromatic nitrogens is 3. The van der Waals surface area contributed by atoms with Crippen LogP contribution in [0.3, 0.4) is 0 Å². The van der Waals surface area contributed by atoms with Gasteiger partial charge in [-0.05, 0) is 39.1 Å². The number of fused-ring (bicyclic) bond motifs is 2. The topological polar surface area (TPSA) is 75.6 Å². The minimum Gasteiger partial charge on any atom is -0.489 e. The van der Waals surface area contributed by atoms with Gasteiger partial charge in [-0.1, -0.05) is 0 Å². The van der Waals surface area contributed by atoms with Gasteiger partial charge in [0.05, 0.1) is 45.5 Å². The first kappa shape index (κ1) is 23.3. The number of rotatable bonds is 6. The molecule has 36 heavy (non-hydrogen) atoms. The summed E-state index contributed by atoms with van der Waals surface area (Å²) in [6, 6.07) is 8.02. The van der Waals surface area contributed by atoms with E-state index in [1.54, 1.807) is 11.6 Å². The zero-order valence-corrected chi connectivity index (χ0v) is 21.4. The summed E-state index contributed by atoms with van der Waals surface area (Å²) in [4.78, 5) is 18.0. The van der Waals surface area contributed by atoms with Crippen LogP contribution < -0.4 is 15.0 Å². The van der Waals surface area contributed by atoms with Crippen molar-refractivity contribution >= 4 is 49.6 Å². The van der Waals surface area contributed by atoms with Crippen LogP contribution in [0.1, 0.15) is 13.8 Å². The van der Waals surface area contributed by atoms with Crippen molar-refractivity contribution in [3.63, 3.8) is 0 Å². The van der Waals surface area contributed by atoms with E-state index in [2.05, 4.69) is 63.1 Å². The number of benzene rings is 2. The van der Waals surface area contributed by atoms with E-state index < -0.39 is 0 Å². The van der Waals surface area contributed by atoms with Gasteiger partial charge in [0.15, 0.2) is 5.82 Å². The molecule has 2 atom stereocenters. The molecule has 2 saturated heterocycles. The van der Waals surface area contributed by atoms with Gasteiger partial charge >= 0.3 is 0 Å². The van der Waals surface area contributed by atoms with Gasteiger partial charge in [0.1, 0.15) is 24.0 Å². The summed E-state index contributed by atoms with van der Waals surface area (Å²) < 4.78 is 27.7. The van der Waals surface area contributed by atoms with Gasteiger partial charge < -0.3 is 24.6 Å². The lowest BCUT2D eigenvalue weighted by Gasteiger charge is -2.40. The molecular formula is C26H29FN6O2S. The number of anilines is 3. The van der Waals surface area contributed by atoms with Gasteiger partial charge in [-0.15, -0.1) is 11.3 Å². The Hall–Kier alpha value is -3.08. The van der Waals surface area contributed by atoms with Crippen LogP contribution in [0.2, 0.25) is 0 Å². The van der Waals surface area contributed by atoms with Crippen LogP contribution in [-0.4, -0.2) is 71.9 Å². The molecule has 10 heteroatoms. The van der Waals surface area contributed by atoms with Gasteiger partial charge in [-0.3, -0.25) is 0 Å². The molecule has 188 valence electrons. The maximum absolute atomic E-state index is 15.2. The van der Waals surface area contributed by atoms with E-state index in [1.165, 1.54) is 17.7 Å². The number of nitrogens with one attached hydrogen (secondary N) is 1. The molecule has 0 amide bonds. The molecule has 2 fully saturated rings. The lowest BCUT2D eigenvalue weighted by atomic mass is 10.0. The molecule has 6 rings (SSSR count). The quantitative estimate of drug-likeness (QED) is 0.403. The Kier molecular flexibility index (Phi) is 6.10. The summed E-state index contributed by atoms with van der Waals surface area (Å²) in [7, 11) is 2.15. The Labute approximate surface area is 213 Å². The third kappa shape index (κ3) is 4.23. The zero-order valence-electron chi connectivity index (χ0n) is 20.6. The van der Waals surface area contributed by atoms with Crippen LogP contribution >= 0.6 is 11.3 Å². The molecule has 2 aromatic heterocycles. The Bertz CT molecular complexity index is 1410. The number of ether oxygens (including phenoxy) is 2. The molecule has 0 unspecified atom stereocenters. The van der Waals surface area contributed by atoms with Crippen molar-refractivity contribution in [3.8, 4) is 5.75 Å². The second-order valence-electron chi connectivity index (χ2n) is 9.74. The predicted octanol–water partition coefficient (Wildman–Crippen LogP) is 4.68. The highest BCUT2D eigenvalue weighted by molar-refractivity contribution is 7.16. The van der Waals surface area contributed by atoms with E-state index in [0.29, 0.717) is 52.6 Å². The maximum Gasteiger partial charge on any atom is 0.166 e. The van der Waals surface area contributed by atoms with Crippen LogP contribution in [0.15, 0.2) is 36.1 Å². The predicted molar refractivity (Wildman–Crippen MR) is 141 cm³/mol. The first-order valence-electron chi connectivity index (χ1n) is 12.2. The highest BCUT2D eigenvalue weighted by Gasteiger charge is 2.29. The Balaban J connectivity index is 1.43. The van der Waals surface area contributed by atoms with E-state index in [9.17, 15) is 0 Å². The highest BCUT2D eigenvalue weighted by atomic mass is 32.1. The number of hydrogen-bond donors (Lipinski definition) is 1. The first-order valence-corrected chi connectivity index (χ1v) is 13.1. The molecule has 0 bridgehead atoms. The lowest BCUT2D eigenvalue weighted by molar-refractivity contribution is -0.0773. The van der Waals surface area contributed by atoms with Crippen molar-refractivity contribution in [2.24, 2.45) is 5.92 Å². The minimum atomic E-state index is -0.341. The fraction of sp³-hybridized carbons (Fsp3) is 0.423. The summed E-state index contributed by atoms with van der Waals surface area (Å²) in [5, 5.41) is 3.94. The Morgan fingerprint density at radius 2 is 2.03 bits per heavy atom. The van der Waals surface area contributed by atoms with Crippen molar-refractivity contribution in [1.82, 2.24) is 19.9 Å². The standard InChI is InChI=1S/C26H29FN6O2S/c1-15-10-32(3)6-7-33(15)18-8-21-23(22(9-18)35-16(2)17-11-34-12-17)26(29-13-28-21)31-19-4-5-20-25(24(19)27)36-14-30-20/h4-5,8-9,13-17H,6-7,10-12H2,1-3H3,(H,28,29,31)/t15-,16-/m1/s1. The van der Waals surface area contributed by atoms with Crippen molar-refractivity contribution in [2.45, 2.75) is 26.0 Å². The van der Waals surface area contributed by atoms with E-state index in [0.717, 1.165) is 36.2 Å². The number of nitrogens with zero attached hydrogens (tertiary/aromatic N) is 5. The van der Waals surface area contributed by atoms with Gasteiger partial charge in [0, 0.05) is 43.3 Å². The van der Waals surface area contributed by atoms with Crippen LogP contribution in [0.5, 0.6) is 5.75 Å². The fourth-order valence-electron chi connectivity index (χ4n) is 4.96. The van der Waals surface area contributed by atoms with Crippen molar-refractivity contribution in [1.29, 1.82) is 0 Å². The van der Waals surface area contributed by atoms with Crippen molar-refractivity contribution < 1.29 is 13.9 Å². The molecule has 2 aliphatic rings. The van der Waals surface area contributed by atoms with Crippen molar-refractivity contribution in [2.75, 3.05) is 50.1 Å². The normalized spacial score (nSPS) is 20.0. The number of hydrogen-bond acceptors (Lipinski definition) is 9. The molecule has 0 aliphatic carbocycles. The molecule has 8 nitrogen and oxygen atoms in total. The molecule has 2 aromatic carbocycles. The van der Waals surface area contributed by atoms with Crippen molar-refractivity contribution in [3.05, 3.63) is 41.9 Å². The van der Waals surface area contributed by atoms with E-state index >= 15 is 4.39 Å². The van der Waals surface area contributed by atoms with Crippen LogP contribution in [0.25, 0.3) is 21.1 Å². The summed E-state index contributed by atoms with van der Waals surface area (Å²) in [6.07, 6.45) is 1.47. The van der Waals surface area contributed by atoms with E-state index in [-0.39, 0.29) is 11.9 Å². The monoisotopic (exact) mass is 508 g/mol. The summed E-state index contributed by atoms with van der Waals surface area (Å²) >= 11 is 1.28. The third-order valence-electron chi connectivity index (χ3n) is 7.18. The number of likely N-dealkylation sites (N-methyl/N-ethyl adjacent to an activating group) is 1. The third-order valence-corrected chi connectivity index (χ3v) is 8.02. The molecule has 4 heterocycles. The highest BCUT2D eigenvalue weighted by Crippen LogP contribution is 2.39. The fourth-order valence-corrected chi connectivity index (χ4v) is 5.68. The van der Waals surface area contributed by atoms with Crippen LogP contribution in [0, 0.1) is 11.7 Å². The van der Waals surface area contributed by atoms with Crippen LogP contribution in [-0.2, 0) is 4.74 Å². The van der Waals surface area contributed by atoms with Gasteiger partial charge in [0.2, 0.25) is 0 Å². The van der Waals surface area contributed by atoms with E-state index in [4.69, 9.17) is 9.47 Å². The van der Waals surface area contributed by atoms with Crippen LogP contribution in [0.4, 0.5) is 21.6 Å². The second kappa shape index (κ2) is 9.42. The van der Waals surface area contributed by atoms with Gasteiger partial charge in [-0.2, -0.15) is 0 Å². The zero-order chi connectivity index (χ0) is 24.8. The molecule has 0 radical (unpaired) electrons. The Morgan fingerprint density at radius 1 is 1.17 bits per heavy atom. The lowest BCUT2D eigenvalue weighted by Crippen LogP contribution is -2.50. The van der Waals surface area contributed by atoms with E-state index in [1.807, 2.05) is 6.07 Å². The first-order chi connectivity index (χ1) is 17.5. The number of thiazole rings is 1. The smallest absolute Gasteiger partial charge is 0.166 e. The molecule has 0 spiro atoms. The molecule has 0 saturated carbocycles. The summed E-state index contributed by atoms with van der Waals surface area (Å²) in [5.41, 5.74) is 4.45. The maximum atomic E-state index is 15.2. The summed E-state index contributed by atoms with van der Waals surface area (Å²) in [6.45, 7) is 8.58. The Morgan fingerprint density at radius 3 is 2.81 bits per heavy atom. The largest absolute Gasteiger partial charge is 0.489 e. The van der Waals surface area contributed by atoms with Gasteiger partial charge in [-0.25, -0.2) is 19.3 Å². The summed E-state index contributed by atoms with van der Waals surface area (Å²) in [5.74, 6) is 1.19.